The molecule has 0 saturated carbocycles. The van der Waals surface area contributed by atoms with Crippen LogP contribution in [0.1, 0.15) is 25.8 Å². The maximum absolute atomic E-state index is 14.0. The van der Waals surface area contributed by atoms with Crippen LogP contribution in [0.15, 0.2) is 71.6 Å². The Morgan fingerprint density at radius 2 is 1.63 bits per heavy atom. The van der Waals surface area contributed by atoms with Gasteiger partial charge in [0.05, 0.1) is 24.8 Å². The van der Waals surface area contributed by atoms with Crippen molar-refractivity contribution in [1.29, 1.82) is 0 Å². The number of carbonyl (C=O) groups is 2. The topological polar surface area (TPSA) is 105 Å². The van der Waals surface area contributed by atoms with Crippen LogP contribution in [-0.4, -0.2) is 58.5 Å². The van der Waals surface area contributed by atoms with Crippen LogP contribution in [0.25, 0.3) is 0 Å². The average molecular weight is 623 g/mol. The average Bonchev–Trinajstić information content (AvgIpc) is 2.97. The first kappa shape index (κ1) is 32.0. The molecule has 0 unspecified atom stereocenters. The number of nitrogens with one attached hydrogen (secondary N) is 1. The predicted octanol–water partition coefficient (Wildman–Crippen LogP) is 5.15. The Hall–Kier alpha value is -3.47. The van der Waals surface area contributed by atoms with Crippen molar-refractivity contribution in [3.8, 4) is 11.5 Å². The zero-order valence-corrected chi connectivity index (χ0v) is 25.6. The van der Waals surface area contributed by atoms with E-state index in [1.165, 1.54) is 37.3 Å². The highest BCUT2D eigenvalue weighted by Gasteiger charge is 2.33. The Labute approximate surface area is 251 Å². The van der Waals surface area contributed by atoms with Crippen molar-refractivity contribution in [1.82, 2.24) is 10.2 Å². The molecule has 0 aliphatic heterocycles. The molecule has 0 radical (unpaired) electrons. The summed E-state index contributed by atoms with van der Waals surface area (Å²) in [6.45, 7) is 3.29. The van der Waals surface area contributed by atoms with Crippen LogP contribution in [0.4, 0.5) is 5.69 Å². The minimum absolute atomic E-state index is 0.0470. The number of anilines is 1. The number of ether oxygens (including phenoxy) is 2. The van der Waals surface area contributed by atoms with E-state index in [0.717, 1.165) is 4.31 Å². The molecular formula is C29H33Cl2N3O6S. The SMILES string of the molecule is CCCNC(=O)[C@@H](C)N(Cc1ccc(Cl)cc1Cl)C(=O)CN(c1ccccc1)S(=O)(=O)c1ccc(OC)c(OC)c1. The molecule has 0 fully saturated rings. The van der Waals surface area contributed by atoms with Gasteiger partial charge in [-0.15, -0.1) is 0 Å². The standard InChI is InChI=1S/C29H33Cl2N3O6S/c1-5-15-32-29(36)20(2)33(18-21-11-12-22(30)16-25(21)31)28(35)19-34(23-9-7-6-8-10-23)41(37,38)24-13-14-26(39-3)27(17-24)40-4/h6-14,16-17,20H,5,15,18-19H2,1-4H3,(H,32,36)/t20-/m1/s1. The van der Waals surface area contributed by atoms with Gasteiger partial charge in [0.15, 0.2) is 11.5 Å². The van der Waals surface area contributed by atoms with E-state index in [-0.39, 0.29) is 28.8 Å². The van der Waals surface area contributed by atoms with E-state index in [2.05, 4.69) is 5.32 Å². The molecule has 0 aliphatic rings. The van der Waals surface area contributed by atoms with Crippen LogP contribution in [0, 0.1) is 0 Å². The number of amides is 2. The number of hydrogen-bond acceptors (Lipinski definition) is 6. The summed E-state index contributed by atoms with van der Waals surface area (Å²) >= 11 is 12.5. The van der Waals surface area contributed by atoms with E-state index in [0.29, 0.717) is 34.3 Å². The first-order chi connectivity index (χ1) is 19.5. The molecule has 0 bridgehead atoms. The lowest BCUT2D eigenvalue weighted by Crippen LogP contribution is -2.51. The summed E-state index contributed by atoms with van der Waals surface area (Å²) in [5, 5.41) is 3.53. The zero-order chi connectivity index (χ0) is 30.2. The molecule has 12 heteroatoms. The van der Waals surface area contributed by atoms with Crippen molar-refractivity contribution in [2.24, 2.45) is 0 Å². The number of nitrogens with zero attached hydrogens (tertiary/aromatic N) is 2. The van der Waals surface area contributed by atoms with Gasteiger partial charge in [-0.25, -0.2) is 8.42 Å². The maximum Gasteiger partial charge on any atom is 0.264 e. The number of sulfonamides is 1. The summed E-state index contributed by atoms with van der Waals surface area (Å²) in [6, 6.07) is 16.3. The lowest BCUT2D eigenvalue weighted by molar-refractivity contribution is -0.139. The highest BCUT2D eigenvalue weighted by Crippen LogP contribution is 2.32. The van der Waals surface area contributed by atoms with Crippen LogP contribution in [-0.2, 0) is 26.2 Å². The van der Waals surface area contributed by atoms with Gasteiger partial charge < -0.3 is 19.7 Å². The molecule has 3 aromatic rings. The van der Waals surface area contributed by atoms with Gasteiger partial charge in [0, 0.05) is 29.2 Å². The third-order valence-electron chi connectivity index (χ3n) is 6.34. The third-order valence-corrected chi connectivity index (χ3v) is 8.70. The molecule has 0 saturated heterocycles. The molecular weight excluding hydrogens is 589 g/mol. The monoisotopic (exact) mass is 621 g/mol. The maximum atomic E-state index is 14.0. The van der Waals surface area contributed by atoms with Crippen molar-refractivity contribution < 1.29 is 27.5 Å². The second kappa shape index (κ2) is 14.4. The smallest absolute Gasteiger partial charge is 0.264 e. The van der Waals surface area contributed by atoms with Crippen molar-refractivity contribution in [3.63, 3.8) is 0 Å². The van der Waals surface area contributed by atoms with Crippen LogP contribution >= 0.6 is 23.2 Å². The Morgan fingerprint density at radius 3 is 2.24 bits per heavy atom. The van der Waals surface area contributed by atoms with Gasteiger partial charge in [0.25, 0.3) is 10.0 Å². The number of para-hydroxylation sites is 1. The summed E-state index contributed by atoms with van der Waals surface area (Å²) in [5.41, 5.74) is 0.816. The normalized spacial score (nSPS) is 11.9. The number of carbonyl (C=O) groups excluding carboxylic acids is 2. The lowest BCUT2D eigenvalue weighted by Gasteiger charge is -2.32. The van der Waals surface area contributed by atoms with Crippen LogP contribution in [0.2, 0.25) is 10.0 Å². The molecule has 0 aromatic heterocycles. The molecule has 220 valence electrons. The molecule has 2 amide bonds. The van der Waals surface area contributed by atoms with Crippen molar-refractivity contribution in [2.45, 2.75) is 37.8 Å². The lowest BCUT2D eigenvalue weighted by atomic mass is 10.1. The van der Waals surface area contributed by atoms with E-state index in [1.807, 2.05) is 6.92 Å². The van der Waals surface area contributed by atoms with Gasteiger partial charge in [0.2, 0.25) is 11.8 Å². The Balaban J connectivity index is 2.05. The van der Waals surface area contributed by atoms with Gasteiger partial charge in [-0.3, -0.25) is 13.9 Å². The van der Waals surface area contributed by atoms with Crippen molar-refractivity contribution in [3.05, 3.63) is 82.3 Å². The number of benzene rings is 3. The number of halogens is 2. The summed E-state index contributed by atoms with van der Waals surface area (Å²) in [6.07, 6.45) is 0.709. The van der Waals surface area contributed by atoms with Crippen LogP contribution in [0.5, 0.6) is 11.5 Å². The number of hydrogen-bond donors (Lipinski definition) is 1. The molecule has 9 nitrogen and oxygen atoms in total. The second-order valence-electron chi connectivity index (χ2n) is 9.09. The summed E-state index contributed by atoms with van der Waals surface area (Å²) in [4.78, 5) is 28.1. The molecule has 41 heavy (non-hydrogen) atoms. The van der Waals surface area contributed by atoms with E-state index in [9.17, 15) is 18.0 Å². The molecule has 0 heterocycles. The number of rotatable bonds is 13. The van der Waals surface area contributed by atoms with Gasteiger partial charge in [-0.2, -0.15) is 0 Å². The van der Waals surface area contributed by atoms with Gasteiger partial charge in [-0.05, 0) is 55.3 Å². The molecule has 1 atom stereocenters. The highest BCUT2D eigenvalue weighted by molar-refractivity contribution is 7.92. The van der Waals surface area contributed by atoms with E-state index in [1.54, 1.807) is 55.5 Å². The van der Waals surface area contributed by atoms with E-state index in [4.69, 9.17) is 32.7 Å². The fourth-order valence-corrected chi connectivity index (χ4v) is 5.94. The number of methoxy groups -OCH3 is 2. The van der Waals surface area contributed by atoms with E-state index < -0.39 is 28.5 Å². The van der Waals surface area contributed by atoms with Gasteiger partial charge in [-0.1, -0.05) is 54.4 Å². The predicted molar refractivity (Wildman–Crippen MR) is 160 cm³/mol. The van der Waals surface area contributed by atoms with Gasteiger partial charge >= 0.3 is 0 Å². The third kappa shape index (κ3) is 7.84. The highest BCUT2D eigenvalue weighted by atomic mass is 35.5. The minimum Gasteiger partial charge on any atom is -0.493 e. The fourth-order valence-electron chi connectivity index (χ4n) is 4.04. The molecule has 1 N–H and O–H groups in total. The van der Waals surface area contributed by atoms with E-state index >= 15 is 0 Å². The van der Waals surface area contributed by atoms with Gasteiger partial charge in [0.1, 0.15) is 12.6 Å². The zero-order valence-electron chi connectivity index (χ0n) is 23.3. The first-order valence-electron chi connectivity index (χ1n) is 12.8. The quantitative estimate of drug-likeness (QED) is 0.283. The Kier molecular flexibility index (Phi) is 11.3. The van der Waals surface area contributed by atoms with Crippen molar-refractivity contribution >= 4 is 50.7 Å². The fraction of sp³-hybridized carbons (Fsp3) is 0.310. The largest absolute Gasteiger partial charge is 0.493 e. The summed E-state index contributed by atoms with van der Waals surface area (Å²) < 4.78 is 39.5. The minimum atomic E-state index is -4.28. The summed E-state index contributed by atoms with van der Waals surface area (Å²) in [5.74, 6) is -0.415. The first-order valence-corrected chi connectivity index (χ1v) is 15.0. The van der Waals surface area contributed by atoms with Crippen molar-refractivity contribution in [2.75, 3.05) is 31.6 Å². The Bertz CT molecular complexity index is 1470. The summed E-state index contributed by atoms with van der Waals surface area (Å²) in [7, 11) is -1.44. The molecule has 3 aromatic carbocycles. The molecule has 0 spiro atoms. The Morgan fingerprint density at radius 1 is 0.951 bits per heavy atom. The molecule has 0 aliphatic carbocycles. The molecule has 3 rings (SSSR count). The van der Waals surface area contributed by atoms with Crippen LogP contribution in [0.3, 0.4) is 0 Å². The van der Waals surface area contributed by atoms with Crippen LogP contribution < -0.4 is 19.1 Å². The second-order valence-corrected chi connectivity index (χ2v) is 11.8.